The molecule has 5 heteroatoms. The maximum Gasteiger partial charge on any atom is 0.152 e. The molecule has 0 fully saturated rings. The average Bonchev–Trinajstić information content (AvgIpc) is 2.81. The third kappa shape index (κ3) is 1.39. The molecule has 0 amide bonds. The van der Waals surface area contributed by atoms with Crippen LogP contribution in [0.2, 0.25) is 0 Å². The minimum Gasteiger partial charge on any atom is -0.382 e. The smallest absolute Gasteiger partial charge is 0.152 e. The van der Waals surface area contributed by atoms with Gasteiger partial charge in [0.15, 0.2) is 5.82 Å². The Morgan fingerprint density at radius 1 is 1.32 bits per heavy atom. The van der Waals surface area contributed by atoms with Gasteiger partial charge in [0, 0.05) is 5.39 Å². The molecule has 4 rings (SSSR count). The number of nitrogens with two attached hydrogens (primary N) is 1. The van der Waals surface area contributed by atoms with E-state index in [-0.39, 0.29) is 6.04 Å². The van der Waals surface area contributed by atoms with Gasteiger partial charge < -0.3 is 15.0 Å². The zero-order valence-electron chi connectivity index (χ0n) is 10.6. The van der Waals surface area contributed by atoms with E-state index >= 15 is 0 Å². The largest absolute Gasteiger partial charge is 0.382 e. The summed E-state index contributed by atoms with van der Waals surface area (Å²) in [6.45, 7) is 3.37. The topological polar surface area (TPSA) is 66.0 Å². The molecule has 5 nitrogen and oxygen atoms in total. The van der Waals surface area contributed by atoms with Crippen LogP contribution in [0.1, 0.15) is 18.8 Å². The second-order valence-electron chi connectivity index (χ2n) is 4.97. The Labute approximate surface area is 110 Å². The summed E-state index contributed by atoms with van der Waals surface area (Å²) in [6, 6.07) is 8.31. The Hall–Kier alpha value is -2.14. The van der Waals surface area contributed by atoms with E-state index in [0.717, 1.165) is 27.8 Å². The van der Waals surface area contributed by atoms with E-state index in [1.165, 1.54) is 0 Å². The number of hydrogen-bond donors (Lipinski definition) is 1. The molecule has 2 N–H and O–H groups in total. The first-order valence-corrected chi connectivity index (χ1v) is 6.38. The minimum atomic E-state index is 0.263. The van der Waals surface area contributed by atoms with Crippen LogP contribution in [0.25, 0.3) is 21.9 Å². The summed E-state index contributed by atoms with van der Waals surface area (Å²) in [5.74, 6) is 1.42. The quantitative estimate of drug-likeness (QED) is 0.668. The first kappa shape index (κ1) is 10.8. The third-order valence-electron chi connectivity index (χ3n) is 3.66. The molecule has 1 aromatic carbocycles. The van der Waals surface area contributed by atoms with E-state index in [4.69, 9.17) is 10.5 Å². The Kier molecular flexibility index (Phi) is 2.08. The van der Waals surface area contributed by atoms with Crippen LogP contribution >= 0.6 is 0 Å². The summed E-state index contributed by atoms with van der Waals surface area (Å²) in [5, 5.41) is 1.10. The van der Waals surface area contributed by atoms with Crippen LogP contribution in [0.3, 0.4) is 0 Å². The van der Waals surface area contributed by atoms with Crippen LogP contribution in [0.5, 0.6) is 0 Å². The van der Waals surface area contributed by atoms with Crippen molar-refractivity contribution in [3.05, 3.63) is 30.1 Å². The number of fused-ring (bicyclic) bond motifs is 5. The zero-order valence-corrected chi connectivity index (χ0v) is 10.6. The third-order valence-corrected chi connectivity index (χ3v) is 3.66. The van der Waals surface area contributed by atoms with Crippen molar-refractivity contribution in [2.75, 3.05) is 12.3 Å². The molecule has 0 aliphatic carbocycles. The molecule has 0 saturated carbocycles. The second kappa shape index (κ2) is 3.68. The molecule has 0 spiro atoms. The molecule has 0 bridgehead atoms. The molecule has 0 radical (unpaired) electrons. The number of hydrogen-bond acceptors (Lipinski definition) is 4. The highest BCUT2D eigenvalue weighted by molar-refractivity contribution is 6.06. The highest BCUT2D eigenvalue weighted by Gasteiger charge is 2.23. The van der Waals surface area contributed by atoms with Gasteiger partial charge in [-0.15, -0.1) is 0 Å². The van der Waals surface area contributed by atoms with Crippen molar-refractivity contribution in [2.45, 2.75) is 19.6 Å². The number of ether oxygens (including phenoxy) is 1. The number of nitrogens with zero attached hydrogens (tertiary/aromatic N) is 3. The van der Waals surface area contributed by atoms with Crippen molar-refractivity contribution in [1.82, 2.24) is 14.5 Å². The lowest BCUT2D eigenvalue weighted by atomic mass is 10.1. The molecule has 1 unspecified atom stereocenters. The summed E-state index contributed by atoms with van der Waals surface area (Å²) >= 11 is 0. The highest BCUT2D eigenvalue weighted by atomic mass is 16.5. The van der Waals surface area contributed by atoms with Gasteiger partial charge in [-0.3, -0.25) is 0 Å². The monoisotopic (exact) mass is 254 g/mol. The number of para-hydroxylation sites is 1. The van der Waals surface area contributed by atoms with Crippen LogP contribution < -0.4 is 5.73 Å². The molecule has 0 saturated heterocycles. The maximum atomic E-state index is 6.05. The predicted molar refractivity (Wildman–Crippen MR) is 73.8 cm³/mol. The summed E-state index contributed by atoms with van der Waals surface area (Å²) < 4.78 is 7.78. The first-order valence-electron chi connectivity index (χ1n) is 6.38. The van der Waals surface area contributed by atoms with Crippen LogP contribution in [-0.2, 0) is 11.3 Å². The van der Waals surface area contributed by atoms with Crippen molar-refractivity contribution in [1.29, 1.82) is 0 Å². The standard InChI is InChI=1S/C14H14N4O/c1-8-6-19-7-11-17-12-13(18(8)11)9-4-2-3-5-10(9)16-14(12)15/h2-5,8H,6-7H2,1H3,(H2,15,16). The van der Waals surface area contributed by atoms with E-state index in [1.54, 1.807) is 0 Å². The lowest BCUT2D eigenvalue weighted by Gasteiger charge is -2.23. The molecule has 1 aliphatic rings. The molecule has 1 atom stereocenters. The number of benzene rings is 1. The van der Waals surface area contributed by atoms with Crippen molar-refractivity contribution in [3.63, 3.8) is 0 Å². The lowest BCUT2D eigenvalue weighted by Crippen LogP contribution is -2.21. The van der Waals surface area contributed by atoms with E-state index in [2.05, 4.69) is 27.5 Å². The molecule has 2 aromatic heterocycles. The van der Waals surface area contributed by atoms with Gasteiger partial charge in [-0.25, -0.2) is 9.97 Å². The fraction of sp³-hybridized carbons (Fsp3) is 0.286. The number of imidazole rings is 1. The van der Waals surface area contributed by atoms with Gasteiger partial charge in [0.25, 0.3) is 0 Å². The fourth-order valence-electron chi connectivity index (χ4n) is 2.84. The van der Waals surface area contributed by atoms with E-state index in [1.807, 2.05) is 18.2 Å². The first-order chi connectivity index (χ1) is 9.25. The summed E-state index contributed by atoms with van der Waals surface area (Å²) in [4.78, 5) is 9.04. The fourth-order valence-corrected chi connectivity index (χ4v) is 2.84. The Morgan fingerprint density at radius 2 is 2.16 bits per heavy atom. The van der Waals surface area contributed by atoms with Gasteiger partial charge in [0.1, 0.15) is 17.9 Å². The van der Waals surface area contributed by atoms with Crippen LogP contribution in [0, 0.1) is 0 Å². The normalized spacial score (nSPS) is 18.9. The Balaban J connectivity index is 2.24. The van der Waals surface area contributed by atoms with Crippen molar-refractivity contribution in [3.8, 4) is 0 Å². The van der Waals surface area contributed by atoms with Crippen LogP contribution in [-0.4, -0.2) is 21.1 Å². The Morgan fingerprint density at radius 3 is 3.05 bits per heavy atom. The van der Waals surface area contributed by atoms with Crippen LogP contribution in [0.15, 0.2) is 24.3 Å². The lowest BCUT2D eigenvalue weighted by molar-refractivity contribution is 0.0622. The van der Waals surface area contributed by atoms with Crippen molar-refractivity contribution in [2.24, 2.45) is 0 Å². The number of anilines is 1. The van der Waals surface area contributed by atoms with Gasteiger partial charge in [0.2, 0.25) is 0 Å². The van der Waals surface area contributed by atoms with Gasteiger partial charge >= 0.3 is 0 Å². The van der Waals surface area contributed by atoms with E-state index < -0.39 is 0 Å². The van der Waals surface area contributed by atoms with E-state index in [9.17, 15) is 0 Å². The summed E-state index contributed by atoms with van der Waals surface area (Å²) in [6.07, 6.45) is 0. The molecule has 19 heavy (non-hydrogen) atoms. The Bertz CT molecular complexity index is 793. The van der Waals surface area contributed by atoms with Gasteiger partial charge in [-0.05, 0) is 13.0 Å². The molecule has 3 heterocycles. The van der Waals surface area contributed by atoms with E-state index in [0.29, 0.717) is 19.0 Å². The predicted octanol–water partition coefficient (Wildman–Crippen LogP) is 2.26. The number of nitrogen functional groups attached to an aromatic ring is 1. The second-order valence-corrected chi connectivity index (χ2v) is 4.97. The van der Waals surface area contributed by atoms with Gasteiger partial charge in [-0.1, -0.05) is 18.2 Å². The molecular weight excluding hydrogens is 240 g/mol. The molecule has 1 aliphatic heterocycles. The van der Waals surface area contributed by atoms with Crippen molar-refractivity contribution < 1.29 is 4.74 Å². The zero-order chi connectivity index (χ0) is 13.0. The maximum absolute atomic E-state index is 6.05. The average molecular weight is 254 g/mol. The highest BCUT2D eigenvalue weighted by Crippen LogP contribution is 2.32. The summed E-state index contributed by atoms with van der Waals surface area (Å²) in [5.41, 5.74) is 8.82. The van der Waals surface area contributed by atoms with Gasteiger partial charge in [-0.2, -0.15) is 0 Å². The number of aromatic nitrogens is 3. The SMILES string of the molecule is CC1COCc2nc3c(N)nc4ccccc4c3n21. The minimum absolute atomic E-state index is 0.263. The van der Waals surface area contributed by atoms with Crippen LogP contribution in [0.4, 0.5) is 5.82 Å². The van der Waals surface area contributed by atoms with Crippen molar-refractivity contribution >= 4 is 27.8 Å². The summed E-state index contributed by atoms with van der Waals surface area (Å²) in [7, 11) is 0. The number of pyridine rings is 1. The molecule has 96 valence electrons. The molecular formula is C14H14N4O. The molecule has 3 aromatic rings. The van der Waals surface area contributed by atoms with Gasteiger partial charge in [0.05, 0.1) is 23.7 Å². The number of rotatable bonds is 0.